The second kappa shape index (κ2) is 13.3. The molecule has 0 aliphatic carbocycles. The van der Waals surface area contributed by atoms with Gasteiger partial charge in [-0.1, -0.05) is 97.1 Å². The number of nitriles is 1. The van der Waals surface area contributed by atoms with E-state index in [0.717, 1.165) is 24.4 Å². The standard InChI is InChI=1S/C12H14N4.C12H10.C6H6/c1-9-11(5-6-16(2)15-9)12-4-3-10(7-13)8-14-12;1-3-7-11(8-4-1)12-9-5-2-6-10-12;1-2-4-6-5-3-1/h3-4,8,11H,5-6H2,1-2H3;1-10H;1-6H. The quantitative estimate of drug-likeness (QED) is 0.341. The third-order valence-electron chi connectivity index (χ3n) is 5.39. The molecule has 4 heteroatoms. The van der Waals surface area contributed by atoms with Gasteiger partial charge in [0.1, 0.15) is 6.07 Å². The van der Waals surface area contributed by atoms with Gasteiger partial charge in [-0.2, -0.15) is 10.4 Å². The molecule has 1 aliphatic heterocycles. The minimum absolute atomic E-state index is 0.295. The lowest BCUT2D eigenvalue weighted by Gasteiger charge is -2.26. The van der Waals surface area contributed by atoms with E-state index in [1.54, 1.807) is 6.20 Å². The molecule has 0 saturated carbocycles. The van der Waals surface area contributed by atoms with Crippen LogP contribution in [0.5, 0.6) is 0 Å². The molecule has 0 radical (unpaired) electrons. The van der Waals surface area contributed by atoms with Crippen molar-refractivity contribution in [3.63, 3.8) is 0 Å². The van der Waals surface area contributed by atoms with Gasteiger partial charge in [0, 0.05) is 37.1 Å². The molecular formula is C30H30N4. The highest BCUT2D eigenvalue weighted by Crippen LogP contribution is 2.23. The predicted octanol–water partition coefficient (Wildman–Crippen LogP) is 6.79. The van der Waals surface area contributed by atoms with Crippen LogP contribution in [0.15, 0.2) is 120 Å². The van der Waals surface area contributed by atoms with Gasteiger partial charge in [0.15, 0.2) is 0 Å². The fraction of sp³-hybridized carbons (Fsp3) is 0.167. The van der Waals surface area contributed by atoms with Gasteiger partial charge in [-0.15, -0.1) is 0 Å². The van der Waals surface area contributed by atoms with Crippen LogP contribution < -0.4 is 0 Å². The average molecular weight is 447 g/mol. The van der Waals surface area contributed by atoms with Crippen LogP contribution in [0.3, 0.4) is 0 Å². The molecule has 34 heavy (non-hydrogen) atoms. The molecule has 2 heterocycles. The van der Waals surface area contributed by atoms with Gasteiger partial charge in [0.25, 0.3) is 0 Å². The van der Waals surface area contributed by atoms with Gasteiger partial charge in [-0.05, 0) is 36.6 Å². The van der Waals surface area contributed by atoms with E-state index in [-0.39, 0.29) is 0 Å². The lowest BCUT2D eigenvalue weighted by Crippen LogP contribution is -2.27. The minimum Gasteiger partial charge on any atom is -0.300 e. The van der Waals surface area contributed by atoms with Gasteiger partial charge in [0.2, 0.25) is 0 Å². The molecule has 0 N–H and O–H groups in total. The van der Waals surface area contributed by atoms with Crippen molar-refractivity contribution in [2.45, 2.75) is 19.3 Å². The molecule has 1 atom stereocenters. The second-order valence-corrected chi connectivity index (χ2v) is 7.93. The number of pyridine rings is 1. The fourth-order valence-electron chi connectivity index (χ4n) is 3.60. The van der Waals surface area contributed by atoms with E-state index >= 15 is 0 Å². The number of hydrogen-bond acceptors (Lipinski definition) is 4. The lowest BCUT2D eigenvalue weighted by molar-refractivity contribution is 0.323. The first kappa shape index (κ1) is 24.4. The molecule has 0 amide bonds. The van der Waals surface area contributed by atoms with Crippen LogP contribution in [0.4, 0.5) is 0 Å². The number of benzene rings is 3. The first-order chi connectivity index (χ1) is 16.7. The van der Waals surface area contributed by atoms with Gasteiger partial charge < -0.3 is 5.01 Å². The van der Waals surface area contributed by atoms with Crippen molar-refractivity contribution in [1.29, 1.82) is 5.26 Å². The highest BCUT2D eigenvalue weighted by Gasteiger charge is 2.21. The van der Waals surface area contributed by atoms with E-state index in [1.807, 2.05) is 79.6 Å². The molecule has 5 rings (SSSR count). The van der Waals surface area contributed by atoms with Crippen molar-refractivity contribution in [3.8, 4) is 17.2 Å². The van der Waals surface area contributed by atoms with Gasteiger partial charge in [0.05, 0.1) is 5.56 Å². The van der Waals surface area contributed by atoms with Crippen molar-refractivity contribution in [1.82, 2.24) is 9.99 Å². The van der Waals surface area contributed by atoms with Crippen LogP contribution >= 0.6 is 0 Å². The highest BCUT2D eigenvalue weighted by atomic mass is 15.4. The third kappa shape index (κ3) is 7.72. The largest absolute Gasteiger partial charge is 0.300 e. The summed E-state index contributed by atoms with van der Waals surface area (Å²) in [6.45, 7) is 2.98. The van der Waals surface area contributed by atoms with Crippen LogP contribution in [0.25, 0.3) is 11.1 Å². The van der Waals surface area contributed by atoms with Crippen LogP contribution in [0, 0.1) is 11.3 Å². The maximum absolute atomic E-state index is 8.71. The number of hydrogen-bond donors (Lipinski definition) is 0. The molecule has 4 nitrogen and oxygen atoms in total. The Labute approximate surface area is 202 Å². The summed E-state index contributed by atoms with van der Waals surface area (Å²) in [5, 5.41) is 15.1. The minimum atomic E-state index is 0.295. The summed E-state index contributed by atoms with van der Waals surface area (Å²) >= 11 is 0. The Bertz CT molecular complexity index is 1100. The molecule has 4 aromatic rings. The number of rotatable bonds is 2. The maximum Gasteiger partial charge on any atom is 0.101 e. The zero-order valence-corrected chi connectivity index (χ0v) is 19.8. The zero-order valence-electron chi connectivity index (χ0n) is 19.8. The molecule has 1 aromatic heterocycles. The zero-order chi connectivity index (χ0) is 24.0. The average Bonchev–Trinajstić information content (AvgIpc) is 2.92. The van der Waals surface area contributed by atoms with Gasteiger partial charge in [-0.25, -0.2) is 0 Å². The van der Waals surface area contributed by atoms with Crippen molar-refractivity contribution in [3.05, 3.63) is 127 Å². The van der Waals surface area contributed by atoms with Crippen LogP contribution in [-0.2, 0) is 0 Å². The van der Waals surface area contributed by atoms with E-state index in [2.05, 4.69) is 64.7 Å². The Morgan fingerprint density at radius 3 is 1.68 bits per heavy atom. The molecule has 170 valence electrons. The van der Waals surface area contributed by atoms with Crippen molar-refractivity contribution in [2.24, 2.45) is 5.10 Å². The van der Waals surface area contributed by atoms with Crippen LogP contribution in [-0.4, -0.2) is 29.3 Å². The van der Waals surface area contributed by atoms with Crippen molar-refractivity contribution >= 4 is 5.71 Å². The topological polar surface area (TPSA) is 52.3 Å². The summed E-state index contributed by atoms with van der Waals surface area (Å²) in [6.07, 6.45) is 2.66. The van der Waals surface area contributed by atoms with E-state index < -0.39 is 0 Å². The molecule has 0 saturated heterocycles. The van der Waals surface area contributed by atoms with E-state index in [0.29, 0.717) is 11.5 Å². The Morgan fingerprint density at radius 2 is 1.26 bits per heavy atom. The number of nitrogens with zero attached hydrogens (tertiary/aromatic N) is 4. The molecule has 1 unspecified atom stereocenters. The summed E-state index contributed by atoms with van der Waals surface area (Å²) in [4.78, 5) is 4.33. The van der Waals surface area contributed by atoms with Crippen molar-refractivity contribution < 1.29 is 0 Å². The van der Waals surface area contributed by atoms with E-state index in [9.17, 15) is 0 Å². The van der Waals surface area contributed by atoms with Gasteiger partial charge >= 0.3 is 0 Å². The molecule has 3 aromatic carbocycles. The summed E-state index contributed by atoms with van der Waals surface area (Å²) in [7, 11) is 1.98. The summed E-state index contributed by atoms with van der Waals surface area (Å²) in [5.41, 5.74) is 5.25. The summed E-state index contributed by atoms with van der Waals surface area (Å²) < 4.78 is 0. The number of aromatic nitrogens is 1. The van der Waals surface area contributed by atoms with E-state index in [1.165, 1.54) is 11.1 Å². The lowest BCUT2D eigenvalue weighted by atomic mass is 9.94. The monoisotopic (exact) mass is 446 g/mol. The summed E-state index contributed by atoms with van der Waals surface area (Å²) in [6, 6.07) is 38.6. The first-order valence-electron chi connectivity index (χ1n) is 11.4. The second-order valence-electron chi connectivity index (χ2n) is 7.93. The summed E-state index contributed by atoms with van der Waals surface area (Å²) in [5.74, 6) is 0.295. The molecular weight excluding hydrogens is 416 g/mol. The highest BCUT2D eigenvalue weighted by molar-refractivity contribution is 5.88. The normalized spacial score (nSPS) is 14.3. The third-order valence-corrected chi connectivity index (χ3v) is 5.39. The maximum atomic E-state index is 8.71. The number of hydrazone groups is 1. The Balaban J connectivity index is 0.000000157. The van der Waals surface area contributed by atoms with E-state index in [4.69, 9.17) is 5.26 Å². The van der Waals surface area contributed by atoms with Crippen LogP contribution in [0.1, 0.15) is 30.5 Å². The van der Waals surface area contributed by atoms with Gasteiger partial charge in [-0.3, -0.25) is 4.98 Å². The molecule has 0 bridgehead atoms. The predicted molar refractivity (Wildman–Crippen MR) is 140 cm³/mol. The smallest absolute Gasteiger partial charge is 0.101 e. The van der Waals surface area contributed by atoms with Crippen LogP contribution in [0.2, 0.25) is 0 Å². The molecule has 0 spiro atoms. The fourth-order valence-corrected chi connectivity index (χ4v) is 3.60. The molecule has 1 aliphatic rings. The Hall–Kier alpha value is -4.23. The Kier molecular flexibility index (Phi) is 9.58. The first-order valence-corrected chi connectivity index (χ1v) is 11.4. The SMILES string of the molecule is CC1=NN(C)CCC1c1ccc(C#N)cn1.c1ccc(-c2ccccc2)cc1.c1ccccc1. The van der Waals surface area contributed by atoms with Crippen molar-refractivity contribution in [2.75, 3.05) is 13.6 Å². The Morgan fingerprint density at radius 1 is 0.765 bits per heavy atom. The molecule has 0 fully saturated rings.